The van der Waals surface area contributed by atoms with E-state index in [1.54, 1.807) is 19.2 Å². The molecule has 0 saturated heterocycles. The molecule has 0 bridgehead atoms. The van der Waals surface area contributed by atoms with E-state index in [9.17, 15) is 9.50 Å². The lowest BCUT2D eigenvalue weighted by Crippen LogP contribution is -2.04. The molecule has 0 aliphatic rings. The lowest BCUT2D eigenvalue weighted by molar-refractivity contribution is 0.198. The van der Waals surface area contributed by atoms with Gasteiger partial charge in [0.05, 0.1) is 12.7 Å². The van der Waals surface area contributed by atoms with Crippen LogP contribution in [0.15, 0.2) is 42.6 Å². The van der Waals surface area contributed by atoms with Gasteiger partial charge in [-0.3, -0.25) is 4.98 Å². The topological polar surface area (TPSA) is 42.4 Å². The van der Waals surface area contributed by atoms with Crippen LogP contribution in [0.4, 0.5) is 4.39 Å². The summed E-state index contributed by atoms with van der Waals surface area (Å²) in [7, 11) is 0. The molecule has 3 nitrogen and oxygen atoms in total. The monoisotopic (exact) mass is 261 g/mol. The Labute approximate surface area is 111 Å². The summed E-state index contributed by atoms with van der Waals surface area (Å²) in [6.07, 6.45) is 1.66. The van der Waals surface area contributed by atoms with Crippen LogP contribution in [0.25, 0.3) is 0 Å². The molecule has 2 rings (SSSR count). The first-order valence-corrected chi connectivity index (χ1v) is 6.17. The Bertz CT molecular complexity index is 529. The number of benzene rings is 1. The van der Waals surface area contributed by atoms with E-state index in [1.807, 2.05) is 18.2 Å². The van der Waals surface area contributed by atoms with Gasteiger partial charge < -0.3 is 9.84 Å². The fourth-order valence-corrected chi connectivity index (χ4v) is 1.71. The van der Waals surface area contributed by atoms with Crippen LogP contribution in [0, 0.1) is 5.82 Å². The maximum Gasteiger partial charge on any atom is 0.165 e. The number of hydrogen-bond donors (Lipinski definition) is 1. The van der Waals surface area contributed by atoms with Crippen molar-refractivity contribution < 1.29 is 14.2 Å². The summed E-state index contributed by atoms with van der Waals surface area (Å²) >= 11 is 0. The van der Waals surface area contributed by atoms with Gasteiger partial charge in [0.15, 0.2) is 11.6 Å². The summed E-state index contributed by atoms with van der Waals surface area (Å²) in [6.45, 7) is 1.96. The lowest BCUT2D eigenvalue weighted by atomic mass is 10.1. The number of hydrogen-bond acceptors (Lipinski definition) is 3. The molecule has 0 saturated carbocycles. The molecule has 0 radical (unpaired) electrons. The van der Waals surface area contributed by atoms with Crippen molar-refractivity contribution in [1.82, 2.24) is 4.98 Å². The van der Waals surface area contributed by atoms with Crippen molar-refractivity contribution in [2.45, 2.75) is 19.4 Å². The molecule has 1 atom stereocenters. The summed E-state index contributed by atoms with van der Waals surface area (Å²) in [5, 5.41) is 9.35. The second-order valence-electron chi connectivity index (χ2n) is 4.29. The molecule has 0 aliphatic carbocycles. The molecule has 0 spiro atoms. The average molecular weight is 261 g/mol. The zero-order chi connectivity index (χ0) is 13.7. The smallest absolute Gasteiger partial charge is 0.165 e. The molecule has 0 amide bonds. The van der Waals surface area contributed by atoms with E-state index < -0.39 is 11.9 Å². The van der Waals surface area contributed by atoms with E-state index in [4.69, 9.17) is 4.74 Å². The Morgan fingerprint density at radius 1 is 1.32 bits per heavy atom. The number of aliphatic hydroxyl groups excluding tert-OH is 1. The Kier molecular flexibility index (Phi) is 4.47. The molecule has 1 aromatic heterocycles. The first-order valence-electron chi connectivity index (χ1n) is 6.17. The normalized spacial score (nSPS) is 12.2. The summed E-state index contributed by atoms with van der Waals surface area (Å²) in [5.74, 6) is -0.264. The van der Waals surface area contributed by atoms with Crippen LogP contribution >= 0.6 is 0 Å². The van der Waals surface area contributed by atoms with Gasteiger partial charge in [0.1, 0.15) is 0 Å². The van der Waals surface area contributed by atoms with E-state index in [0.29, 0.717) is 18.6 Å². The second-order valence-corrected chi connectivity index (χ2v) is 4.29. The van der Waals surface area contributed by atoms with Crippen LogP contribution in [0.3, 0.4) is 0 Å². The number of aromatic nitrogens is 1. The molecule has 4 heteroatoms. The van der Waals surface area contributed by atoms with Crippen molar-refractivity contribution in [1.29, 1.82) is 0 Å². The number of halogens is 1. The third-order valence-electron chi connectivity index (χ3n) is 2.78. The first kappa shape index (κ1) is 13.5. The largest absolute Gasteiger partial charge is 0.490 e. The minimum atomic E-state index is -0.683. The zero-order valence-corrected chi connectivity index (χ0v) is 10.7. The Balaban J connectivity index is 1.93. The molecular weight excluding hydrogens is 245 g/mol. The van der Waals surface area contributed by atoms with Crippen LogP contribution in [0.1, 0.15) is 24.3 Å². The van der Waals surface area contributed by atoms with Crippen molar-refractivity contribution in [3.8, 4) is 5.75 Å². The highest BCUT2D eigenvalue weighted by molar-refractivity contribution is 5.30. The molecule has 0 fully saturated rings. The Morgan fingerprint density at radius 3 is 2.79 bits per heavy atom. The Morgan fingerprint density at radius 2 is 2.16 bits per heavy atom. The van der Waals surface area contributed by atoms with Crippen LogP contribution < -0.4 is 4.74 Å². The van der Waals surface area contributed by atoms with Gasteiger partial charge in [0.25, 0.3) is 0 Å². The molecule has 100 valence electrons. The predicted octanol–water partition coefficient (Wildman–Crippen LogP) is 2.90. The zero-order valence-electron chi connectivity index (χ0n) is 10.7. The van der Waals surface area contributed by atoms with Gasteiger partial charge in [-0.1, -0.05) is 12.1 Å². The van der Waals surface area contributed by atoms with Gasteiger partial charge in [0, 0.05) is 18.3 Å². The van der Waals surface area contributed by atoms with Gasteiger partial charge in [-0.15, -0.1) is 0 Å². The maximum atomic E-state index is 13.7. The second kappa shape index (κ2) is 6.29. The molecule has 0 aliphatic heterocycles. The van der Waals surface area contributed by atoms with Crippen molar-refractivity contribution in [3.63, 3.8) is 0 Å². The molecule has 1 heterocycles. The summed E-state index contributed by atoms with van der Waals surface area (Å²) in [6, 6.07) is 10.1. The SMILES string of the molecule is C[C@@H](O)c1ccc(OCCc2ccccn2)c(F)c1. The summed E-state index contributed by atoms with van der Waals surface area (Å²) in [4.78, 5) is 4.16. The predicted molar refractivity (Wildman–Crippen MR) is 70.5 cm³/mol. The third kappa shape index (κ3) is 3.76. The maximum absolute atomic E-state index is 13.7. The van der Waals surface area contributed by atoms with Gasteiger partial charge >= 0.3 is 0 Å². The van der Waals surface area contributed by atoms with Crippen molar-refractivity contribution in [2.24, 2.45) is 0 Å². The highest BCUT2D eigenvalue weighted by Gasteiger charge is 2.08. The average Bonchev–Trinajstić information content (AvgIpc) is 2.41. The minimum absolute atomic E-state index is 0.195. The number of pyridine rings is 1. The number of nitrogens with zero attached hydrogens (tertiary/aromatic N) is 1. The van der Waals surface area contributed by atoms with Crippen molar-refractivity contribution in [2.75, 3.05) is 6.61 Å². The van der Waals surface area contributed by atoms with Crippen LogP contribution in [0.2, 0.25) is 0 Å². The summed E-state index contributed by atoms with van der Waals surface area (Å²) < 4.78 is 19.1. The Hall–Kier alpha value is -1.94. The van der Waals surface area contributed by atoms with E-state index in [-0.39, 0.29) is 5.75 Å². The molecule has 2 aromatic rings. The highest BCUT2D eigenvalue weighted by Crippen LogP contribution is 2.22. The van der Waals surface area contributed by atoms with E-state index in [0.717, 1.165) is 5.69 Å². The first-order chi connectivity index (χ1) is 9.16. The fourth-order valence-electron chi connectivity index (χ4n) is 1.71. The quantitative estimate of drug-likeness (QED) is 0.899. The standard InChI is InChI=1S/C15H16FNO2/c1-11(18)12-5-6-15(14(16)10-12)19-9-7-13-4-2-3-8-17-13/h2-6,8,10-11,18H,7,9H2,1H3/t11-/m1/s1. The number of rotatable bonds is 5. The van der Waals surface area contributed by atoms with Gasteiger partial charge in [-0.2, -0.15) is 0 Å². The van der Waals surface area contributed by atoms with E-state index in [1.165, 1.54) is 12.1 Å². The van der Waals surface area contributed by atoms with Gasteiger partial charge in [-0.05, 0) is 36.8 Å². The summed E-state index contributed by atoms with van der Waals surface area (Å²) in [5.41, 5.74) is 1.44. The highest BCUT2D eigenvalue weighted by atomic mass is 19.1. The number of aliphatic hydroxyl groups is 1. The molecular formula is C15H16FNO2. The molecule has 1 aromatic carbocycles. The lowest BCUT2D eigenvalue weighted by Gasteiger charge is -2.09. The van der Waals surface area contributed by atoms with E-state index >= 15 is 0 Å². The van der Waals surface area contributed by atoms with Crippen molar-refractivity contribution >= 4 is 0 Å². The fraction of sp³-hybridized carbons (Fsp3) is 0.267. The van der Waals surface area contributed by atoms with Gasteiger partial charge in [0.2, 0.25) is 0 Å². The number of ether oxygens (including phenoxy) is 1. The van der Waals surface area contributed by atoms with Crippen molar-refractivity contribution in [3.05, 3.63) is 59.7 Å². The molecule has 19 heavy (non-hydrogen) atoms. The molecule has 0 unspecified atom stereocenters. The van der Waals surface area contributed by atoms with Crippen LogP contribution in [-0.2, 0) is 6.42 Å². The van der Waals surface area contributed by atoms with Crippen LogP contribution in [0.5, 0.6) is 5.75 Å². The van der Waals surface area contributed by atoms with E-state index in [2.05, 4.69) is 4.98 Å². The van der Waals surface area contributed by atoms with Gasteiger partial charge in [-0.25, -0.2) is 4.39 Å². The van der Waals surface area contributed by atoms with Crippen LogP contribution in [-0.4, -0.2) is 16.7 Å². The molecule has 1 N–H and O–H groups in total. The minimum Gasteiger partial charge on any atom is -0.490 e. The third-order valence-corrected chi connectivity index (χ3v) is 2.78.